The zero-order valence-corrected chi connectivity index (χ0v) is 24.9. The topological polar surface area (TPSA) is 116 Å². The molecule has 4 aromatic rings. The lowest BCUT2D eigenvalue weighted by atomic mass is 9.82. The van der Waals surface area contributed by atoms with Gasteiger partial charge in [0.1, 0.15) is 40.5 Å². The van der Waals surface area contributed by atoms with Gasteiger partial charge in [0.2, 0.25) is 5.91 Å². The quantitative estimate of drug-likeness (QED) is 0.222. The predicted octanol–water partition coefficient (Wildman–Crippen LogP) is 6.18. The zero-order chi connectivity index (χ0) is 32.3. The molecule has 0 unspecified atom stereocenters. The van der Waals surface area contributed by atoms with Crippen LogP contribution in [0.1, 0.15) is 52.9 Å². The summed E-state index contributed by atoms with van der Waals surface area (Å²) >= 11 is 6.08. The maximum atomic E-state index is 14.0. The number of alkyl halides is 3. The highest BCUT2D eigenvalue weighted by molar-refractivity contribution is 6.31. The minimum absolute atomic E-state index is 0.00966. The molecular weight excluding hydrogens is 616 g/mol. The number of nitrogens with one attached hydrogen (secondary N) is 1. The number of primary amides is 1. The third kappa shape index (κ3) is 5.63. The summed E-state index contributed by atoms with van der Waals surface area (Å²) in [5.74, 6) is -1.37. The van der Waals surface area contributed by atoms with Crippen molar-refractivity contribution in [3.05, 3.63) is 81.9 Å². The summed E-state index contributed by atoms with van der Waals surface area (Å²) in [7, 11) is 1.34. The molecule has 234 valence electrons. The number of ether oxygens (including phenoxy) is 2. The van der Waals surface area contributed by atoms with Gasteiger partial charge in [-0.3, -0.25) is 14.6 Å². The van der Waals surface area contributed by atoms with Gasteiger partial charge in [-0.05, 0) is 68.1 Å². The zero-order valence-electron chi connectivity index (χ0n) is 24.1. The van der Waals surface area contributed by atoms with E-state index in [1.54, 1.807) is 13.0 Å². The average molecular weight is 643 g/mol. The molecule has 1 saturated carbocycles. The molecule has 2 aromatic carbocycles. The Morgan fingerprint density at radius 3 is 2.60 bits per heavy atom. The van der Waals surface area contributed by atoms with Crippen LogP contribution in [0.15, 0.2) is 48.7 Å². The predicted molar refractivity (Wildman–Crippen MR) is 158 cm³/mol. The number of hydrogen-bond acceptors (Lipinski definition) is 6. The molecule has 3 heterocycles. The minimum Gasteiger partial charge on any atom is -0.494 e. The average Bonchev–Trinajstić information content (AvgIpc) is 3.79. The van der Waals surface area contributed by atoms with E-state index in [2.05, 4.69) is 10.3 Å². The Kier molecular flexibility index (Phi) is 7.59. The molecule has 0 bridgehead atoms. The summed E-state index contributed by atoms with van der Waals surface area (Å²) in [6.07, 6.45) is -2.15. The Morgan fingerprint density at radius 1 is 1.20 bits per heavy atom. The van der Waals surface area contributed by atoms with Crippen LogP contribution in [0.25, 0.3) is 22.2 Å². The highest BCUT2D eigenvalue weighted by Gasteiger charge is 2.45. The smallest absolute Gasteiger partial charge is 0.417 e. The molecule has 0 saturated heterocycles. The molecule has 2 aliphatic rings. The summed E-state index contributed by atoms with van der Waals surface area (Å²) in [5, 5.41) is 2.88. The molecule has 6 rings (SSSR count). The van der Waals surface area contributed by atoms with E-state index >= 15 is 0 Å². The molecule has 1 aliphatic heterocycles. The number of methoxy groups -OCH3 is 1. The normalized spacial score (nSPS) is 18.3. The van der Waals surface area contributed by atoms with Crippen molar-refractivity contribution >= 4 is 34.3 Å². The molecule has 8 nitrogen and oxygen atoms in total. The molecule has 3 N–H and O–H groups in total. The van der Waals surface area contributed by atoms with Gasteiger partial charge >= 0.3 is 6.18 Å². The van der Waals surface area contributed by atoms with Crippen molar-refractivity contribution in [1.82, 2.24) is 15.3 Å². The van der Waals surface area contributed by atoms with E-state index < -0.39 is 34.8 Å². The third-order valence-electron chi connectivity index (χ3n) is 8.44. The third-order valence-corrected chi connectivity index (χ3v) is 8.73. The first kappa shape index (κ1) is 30.6. The second-order valence-electron chi connectivity index (χ2n) is 11.5. The number of fused-ring (bicyclic) bond motifs is 2. The van der Waals surface area contributed by atoms with Crippen LogP contribution < -0.4 is 20.5 Å². The number of benzene rings is 2. The molecule has 13 heteroatoms. The van der Waals surface area contributed by atoms with E-state index in [-0.39, 0.29) is 52.2 Å². The summed E-state index contributed by atoms with van der Waals surface area (Å²) in [6, 6.07) is 9.59. The van der Waals surface area contributed by atoms with E-state index in [1.165, 1.54) is 37.4 Å². The maximum absolute atomic E-state index is 14.0. The van der Waals surface area contributed by atoms with Crippen LogP contribution >= 0.6 is 11.6 Å². The summed E-state index contributed by atoms with van der Waals surface area (Å²) in [4.78, 5) is 34.7. The van der Waals surface area contributed by atoms with Crippen molar-refractivity contribution in [2.24, 2.45) is 11.7 Å². The van der Waals surface area contributed by atoms with E-state index in [4.69, 9.17) is 31.8 Å². The number of pyridine rings is 2. The second-order valence-corrected chi connectivity index (χ2v) is 11.9. The number of halogens is 5. The van der Waals surface area contributed by atoms with E-state index in [9.17, 15) is 27.2 Å². The van der Waals surface area contributed by atoms with Gasteiger partial charge in [0.15, 0.2) is 0 Å². The van der Waals surface area contributed by atoms with Crippen LogP contribution in [0, 0.1) is 11.7 Å². The fourth-order valence-corrected chi connectivity index (χ4v) is 5.79. The molecule has 2 atom stereocenters. The summed E-state index contributed by atoms with van der Waals surface area (Å²) < 4.78 is 65.3. The first-order valence-electron chi connectivity index (χ1n) is 14.1. The Morgan fingerprint density at radius 2 is 1.96 bits per heavy atom. The molecule has 2 amide bonds. The van der Waals surface area contributed by atoms with Crippen molar-refractivity contribution in [1.29, 1.82) is 0 Å². The first-order valence-corrected chi connectivity index (χ1v) is 14.4. The monoisotopic (exact) mass is 642 g/mol. The second kappa shape index (κ2) is 11.2. The fourth-order valence-electron chi connectivity index (χ4n) is 5.61. The Bertz CT molecular complexity index is 1860. The molecule has 2 aromatic heterocycles. The van der Waals surface area contributed by atoms with Gasteiger partial charge in [-0.25, -0.2) is 9.37 Å². The largest absolute Gasteiger partial charge is 0.494 e. The number of rotatable bonds is 8. The number of hydrogen-bond donors (Lipinski definition) is 2. The van der Waals surface area contributed by atoms with Crippen molar-refractivity contribution in [3.63, 3.8) is 0 Å². The molecule has 1 fully saturated rings. The van der Waals surface area contributed by atoms with Gasteiger partial charge in [0, 0.05) is 46.4 Å². The van der Waals surface area contributed by atoms with Gasteiger partial charge in [-0.15, -0.1) is 0 Å². The summed E-state index contributed by atoms with van der Waals surface area (Å²) in [5.41, 5.74) is 5.90. The SMILES string of the molecule is COc1cc(C(=O)NC[C@H](c2cc3c(c(-c4ccc(F)c(Cl)c4)n2)OC[C@]3(C)C(N)=O)C2CC2)cc2cc(C(F)(F)F)cnc12. The van der Waals surface area contributed by atoms with Crippen LogP contribution in [0.3, 0.4) is 0 Å². The number of amides is 2. The highest BCUT2D eigenvalue weighted by atomic mass is 35.5. The molecule has 0 radical (unpaired) electrons. The maximum Gasteiger partial charge on any atom is 0.417 e. The van der Waals surface area contributed by atoms with Crippen molar-refractivity contribution in [2.75, 3.05) is 20.3 Å². The lowest BCUT2D eigenvalue weighted by molar-refractivity contribution is -0.137. The number of carbonyl (C=O) groups excluding carboxylic acids is 2. The molecule has 45 heavy (non-hydrogen) atoms. The lowest BCUT2D eigenvalue weighted by Gasteiger charge is -2.22. The lowest BCUT2D eigenvalue weighted by Crippen LogP contribution is -2.40. The first-order chi connectivity index (χ1) is 21.3. The number of nitrogens with zero attached hydrogens (tertiary/aromatic N) is 2. The standard InChI is InChI=1S/C32H27ClF4N4O4/c1-31(30(38)43)14-45-28-21(31)11-24(41-27(28)16-5-6-23(34)22(33)9-16)20(15-3-4-15)13-40-29(42)18-7-17-8-19(32(35,36)37)12-39-26(17)25(10-18)44-2/h5-12,15,20H,3-4,13-14H2,1-2H3,(H2,38,43)(H,40,42)/t20-,31-/m0/s1. The van der Waals surface area contributed by atoms with Gasteiger partial charge in [0.05, 0.1) is 17.7 Å². The van der Waals surface area contributed by atoms with Gasteiger partial charge < -0.3 is 20.5 Å². The summed E-state index contributed by atoms with van der Waals surface area (Å²) in [6.45, 7) is 1.80. The van der Waals surface area contributed by atoms with E-state index in [0.717, 1.165) is 25.1 Å². The van der Waals surface area contributed by atoms with Gasteiger partial charge in [-0.2, -0.15) is 13.2 Å². The molecular formula is C32H27ClF4N4O4. The molecule has 1 aliphatic carbocycles. The van der Waals surface area contributed by atoms with E-state index in [0.29, 0.717) is 28.3 Å². The van der Waals surface area contributed by atoms with Crippen molar-refractivity contribution in [3.8, 4) is 22.8 Å². The Labute approximate surface area is 259 Å². The Balaban J connectivity index is 1.36. The number of nitrogens with two attached hydrogens (primary N) is 1. The fraction of sp³-hybridized carbons (Fsp3) is 0.312. The van der Waals surface area contributed by atoms with Crippen LogP contribution in [0.2, 0.25) is 5.02 Å². The van der Waals surface area contributed by atoms with Crippen LogP contribution in [0.5, 0.6) is 11.5 Å². The highest BCUT2D eigenvalue weighted by Crippen LogP contribution is 2.48. The molecule has 0 spiro atoms. The van der Waals surface area contributed by atoms with Gasteiger partial charge in [-0.1, -0.05) is 11.6 Å². The van der Waals surface area contributed by atoms with Crippen molar-refractivity contribution in [2.45, 2.75) is 37.3 Å². The number of aromatic nitrogens is 2. The van der Waals surface area contributed by atoms with Crippen LogP contribution in [-0.2, 0) is 16.4 Å². The van der Waals surface area contributed by atoms with Crippen molar-refractivity contribution < 1.29 is 36.6 Å². The Hall–Kier alpha value is -4.45. The van der Waals surface area contributed by atoms with Gasteiger partial charge in [0.25, 0.3) is 5.91 Å². The van der Waals surface area contributed by atoms with Crippen LogP contribution in [0.4, 0.5) is 17.6 Å². The van der Waals surface area contributed by atoms with Crippen LogP contribution in [-0.4, -0.2) is 42.0 Å². The number of carbonyl (C=O) groups is 2. The van der Waals surface area contributed by atoms with E-state index in [1.807, 2.05) is 0 Å². The minimum atomic E-state index is -4.61.